The molecule has 39 heavy (non-hydrogen) atoms. The van der Waals surface area contributed by atoms with Gasteiger partial charge in [0.2, 0.25) is 0 Å². The number of methoxy groups -OCH3 is 1. The third kappa shape index (κ3) is 4.24. The van der Waals surface area contributed by atoms with E-state index in [4.69, 9.17) is 4.74 Å². The highest BCUT2D eigenvalue weighted by Crippen LogP contribution is 2.69. The normalized spacial score (nSPS) is 33.9. The number of ether oxygens (including phenoxy) is 1. The molecule has 0 aromatic heterocycles. The molecule has 0 N–H and O–H groups in total. The number of carbonyl (C=O) groups excluding carboxylic acids is 2. The second kappa shape index (κ2) is 10.4. The first-order valence-electron chi connectivity index (χ1n) is 15.2. The number of rotatable bonds is 5. The Hall–Kier alpha value is -2.64. The van der Waals surface area contributed by atoms with Gasteiger partial charge in [0.25, 0.3) is 0 Å². The third-order valence-corrected chi connectivity index (χ3v) is 11.0. The zero-order chi connectivity index (χ0) is 27.2. The Balaban J connectivity index is 1.46. The van der Waals surface area contributed by atoms with Crippen LogP contribution in [0.15, 0.2) is 47.1 Å². The summed E-state index contributed by atoms with van der Waals surface area (Å²) in [6.45, 7) is 6.65. The van der Waals surface area contributed by atoms with Gasteiger partial charge in [0.05, 0.1) is 5.41 Å². The molecule has 0 spiro atoms. The van der Waals surface area contributed by atoms with Crippen LogP contribution in [-0.4, -0.2) is 38.4 Å². The number of ketones is 2. The molecule has 6 rings (SSSR count). The lowest BCUT2D eigenvalue weighted by molar-refractivity contribution is -0.136. The maximum Gasteiger partial charge on any atom is 0.176 e. The highest BCUT2D eigenvalue weighted by atomic mass is 16.5. The molecule has 4 aliphatic carbocycles. The van der Waals surface area contributed by atoms with Gasteiger partial charge in [-0.15, -0.1) is 5.92 Å². The molecule has 1 heterocycles. The number of piperidine rings is 1. The van der Waals surface area contributed by atoms with Crippen LogP contribution in [0, 0.1) is 34.5 Å². The molecule has 1 aliphatic heterocycles. The molecule has 0 bridgehead atoms. The van der Waals surface area contributed by atoms with Crippen LogP contribution in [0.1, 0.15) is 89.5 Å². The van der Waals surface area contributed by atoms with Crippen molar-refractivity contribution >= 4 is 17.3 Å². The van der Waals surface area contributed by atoms with Gasteiger partial charge in [-0.3, -0.25) is 9.59 Å². The summed E-state index contributed by atoms with van der Waals surface area (Å²) in [5.41, 5.74) is 6.11. The van der Waals surface area contributed by atoms with E-state index in [9.17, 15) is 9.59 Å². The molecule has 5 atom stereocenters. The minimum absolute atomic E-state index is 0.125. The summed E-state index contributed by atoms with van der Waals surface area (Å²) in [5, 5.41) is 0. The summed E-state index contributed by atoms with van der Waals surface area (Å²) in [6, 6.07) is 9.36. The zero-order valence-electron chi connectivity index (χ0n) is 24.0. The number of Topliss-reactive ketones (excluding diaryl/α,β-unsaturated/α-hetero) is 1. The van der Waals surface area contributed by atoms with Gasteiger partial charge < -0.3 is 9.64 Å². The second-order valence-corrected chi connectivity index (χ2v) is 12.8. The first-order valence-corrected chi connectivity index (χ1v) is 15.2. The van der Waals surface area contributed by atoms with E-state index in [0.717, 1.165) is 51.6 Å². The molecule has 4 heteroatoms. The Kier molecular flexibility index (Phi) is 7.09. The van der Waals surface area contributed by atoms with Crippen LogP contribution >= 0.6 is 0 Å². The van der Waals surface area contributed by atoms with Crippen LogP contribution in [0.2, 0.25) is 0 Å². The maximum atomic E-state index is 13.8. The highest BCUT2D eigenvalue weighted by Gasteiger charge is 2.65. The molecule has 0 radical (unpaired) electrons. The van der Waals surface area contributed by atoms with Crippen molar-refractivity contribution in [3.63, 3.8) is 0 Å². The number of hydrogen-bond acceptors (Lipinski definition) is 4. The lowest BCUT2D eigenvalue weighted by atomic mass is 9.48. The predicted molar refractivity (Wildman–Crippen MR) is 156 cm³/mol. The van der Waals surface area contributed by atoms with E-state index < -0.39 is 5.41 Å². The fourth-order valence-corrected chi connectivity index (χ4v) is 9.26. The van der Waals surface area contributed by atoms with Gasteiger partial charge in [0.1, 0.15) is 6.61 Å². The van der Waals surface area contributed by atoms with Crippen molar-refractivity contribution in [2.24, 2.45) is 22.7 Å². The Labute approximate surface area is 234 Å². The molecule has 1 aromatic carbocycles. The number of nitrogens with zero attached hydrogens (tertiary/aromatic N) is 1. The lowest BCUT2D eigenvalue weighted by Crippen LogP contribution is -2.51. The van der Waals surface area contributed by atoms with Crippen LogP contribution in [0.25, 0.3) is 0 Å². The monoisotopic (exact) mass is 525 g/mol. The van der Waals surface area contributed by atoms with Crippen molar-refractivity contribution in [3.8, 4) is 11.8 Å². The minimum atomic E-state index is -0.663. The summed E-state index contributed by atoms with van der Waals surface area (Å²) < 4.78 is 5.41. The zero-order valence-corrected chi connectivity index (χ0v) is 24.0. The van der Waals surface area contributed by atoms with E-state index in [2.05, 4.69) is 47.9 Å². The molecule has 1 unspecified atom stereocenters. The fourth-order valence-electron chi connectivity index (χ4n) is 9.26. The van der Waals surface area contributed by atoms with Gasteiger partial charge in [-0.25, -0.2) is 0 Å². The van der Waals surface area contributed by atoms with Gasteiger partial charge in [0.15, 0.2) is 11.6 Å². The van der Waals surface area contributed by atoms with Gasteiger partial charge >= 0.3 is 0 Å². The summed E-state index contributed by atoms with van der Waals surface area (Å²) in [4.78, 5) is 28.7. The first-order chi connectivity index (χ1) is 18.9. The number of hydrogen-bond donors (Lipinski definition) is 0. The largest absolute Gasteiger partial charge is 0.377 e. The Morgan fingerprint density at radius 1 is 1.08 bits per heavy atom. The molecular weight excluding hydrogens is 482 g/mol. The molecule has 2 saturated carbocycles. The second-order valence-electron chi connectivity index (χ2n) is 12.8. The topological polar surface area (TPSA) is 46.6 Å². The van der Waals surface area contributed by atoms with E-state index in [1.165, 1.54) is 41.7 Å². The van der Waals surface area contributed by atoms with E-state index in [-0.39, 0.29) is 29.5 Å². The maximum absolute atomic E-state index is 13.8. The SMILES string of the molecule is CC#C[C@]1(C(=O)COC)CC[C@H]2[C@@H]3CCC4=CC(=O)CCC4=C3C(c3ccc(N4CCCCC4)cc3)C[C@@]21C. The number of anilines is 1. The number of carbonyl (C=O) groups is 2. The van der Waals surface area contributed by atoms with E-state index in [1.54, 1.807) is 12.7 Å². The quantitative estimate of drug-likeness (QED) is 0.397. The van der Waals surface area contributed by atoms with Crippen LogP contribution < -0.4 is 4.90 Å². The lowest BCUT2D eigenvalue weighted by Gasteiger charge is -2.54. The van der Waals surface area contributed by atoms with E-state index in [0.29, 0.717) is 18.3 Å². The van der Waals surface area contributed by atoms with E-state index >= 15 is 0 Å². The number of allylic oxidation sites excluding steroid dienone is 4. The Morgan fingerprint density at radius 2 is 1.85 bits per heavy atom. The highest BCUT2D eigenvalue weighted by molar-refractivity contribution is 5.93. The number of fused-ring (bicyclic) bond motifs is 4. The smallest absolute Gasteiger partial charge is 0.176 e. The molecule has 4 nitrogen and oxygen atoms in total. The van der Waals surface area contributed by atoms with Gasteiger partial charge in [-0.2, -0.15) is 0 Å². The Bertz CT molecular complexity index is 1270. The van der Waals surface area contributed by atoms with Crippen molar-refractivity contribution in [3.05, 3.63) is 52.6 Å². The molecule has 0 amide bonds. The molecule has 5 aliphatic rings. The summed E-state index contributed by atoms with van der Waals surface area (Å²) in [6.07, 6.45) is 12.1. The van der Waals surface area contributed by atoms with Crippen LogP contribution in [0.4, 0.5) is 5.69 Å². The van der Waals surface area contributed by atoms with E-state index in [1.807, 2.05) is 13.0 Å². The van der Waals surface area contributed by atoms with Gasteiger partial charge in [-0.05, 0) is 117 Å². The molecule has 206 valence electrons. The molecule has 1 saturated heterocycles. The number of benzene rings is 1. The van der Waals surface area contributed by atoms with Crippen LogP contribution in [-0.2, 0) is 14.3 Å². The average molecular weight is 526 g/mol. The summed E-state index contributed by atoms with van der Waals surface area (Å²) >= 11 is 0. The minimum Gasteiger partial charge on any atom is -0.377 e. The first kappa shape index (κ1) is 26.6. The van der Waals surface area contributed by atoms with Crippen LogP contribution in [0.3, 0.4) is 0 Å². The molecular formula is C35H43NO3. The molecule has 3 fully saturated rings. The standard InChI is InChI=1S/C35H43NO3/c1-4-17-35(32(38)23-39-3)18-16-31-29-14-10-25-21-27(37)13-15-28(25)33(29)30(22-34(31,35)2)24-8-11-26(12-9-24)36-19-6-5-7-20-36/h8-9,11-12,21,29-31H,5-7,10,13-16,18-20,22-23H2,1-3H3/t29-,30?,31-,34-,35+/m0/s1. The van der Waals surface area contributed by atoms with Gasteiger partial charge in [0, 0.05) is 38.2 Å². The fraction of sp³-hybridized carbons (Fsp3) is 0.600. The van der Waals surface area contributed by atoms with Crippen molar-refractivity contribution in [1.82, 2.24) is 0 Å². The predicted octanol–water partition coefficient (Wildman–Crippen LogP) is 6.80. The molecule has 1 aromatic rings. The van der Waals surface area contributed by atoms with Crippen LogP contribution in [0.5, 0.6) is 0 Å². The van der Waals surface area contributed by atoms with Crippen molar-refractivity contribution < 1.29 is 14.3 Å². The summed E-state index contributed by atoms with van der Waals surface area (Å²) in [5.74, 6) is 8.21. The van der Waals surface area contributed by atoms with Crippen molar-refractivity contribution in [1.29, 1.82) is 0 Å². The van der Waals surface area contributed by atoms with Crippen molar-refractivity contribution in [2.45, 2.75) is 84.0 Å². The average Bonchev–Trinajstić information content (AvgIpc) is 3.26. The van der Waals surface area contributed by atoms with Gasteiger partial charge in [-0.1, -0.05) is 30.6 Å². The van der Waals surface area contributed by atoms with Crippen molar-refractivity contribution in [2.75, 3.05) is 31.7 Å². The third-order valence-electron chi connectivity index (χ3n) is 11.0. The summed E-state index contributed by atoms with van der Waals surface area (Å²) in [7, 11) is 1.62. The Morgan fingerprint density at radius 3 is 2.56 bits per heavy atom.